The van der Waals surface area contributed by atoms with Gasteiger partial charge in [-0.2, -0.15) is 0 Å². The molecule has 100 valence electrons. The molecule has 2 nitrogen and oxygen atoms in total. The fourth-order valence-corrected chi connectivity index (χ4v) is 3.12. The van der Waals surface area contributed by atoms with Crippen LogP contribution in [0.25, 0.3) is 10.8 Å². The van der Waals surface area contributed by atoms with Crippen LogP contribution in [-0.2, 0) is 0 Å². The molecule has 1 aliphatic rings. The fraction of sp³-hybridized carbons (Fsp3) is 0.412. The number of nitrogens with zero attached hydrogens (tertiary/aromatic N) is 1. The third kappa shape index (κ3) is 2.21. The minimum Gasteiger partial charge on any atom is -0.368 e. The van der Waals surface area contributed by atoms with Crippen LogP contribution in [0, 0.1) is 5.92 Å². The minimum atomic E-state index is 0.340. The van der Waals surface area contributed by atoms with Crippen molar-refractivity contribution < 1.29 is 0 Å². The van der Waals surface area contributed by atoms with Crippen LogP contribution < -0.4 is 10.6 Å². The second kappa shape index (κ2) is 4.86. The fourth-order valence-electron chi connectivity index (χ4n) is 3.12. The Hall–Kier alpha value is -1.54. The van der Waals surface area contributed by atoms with E-state index in [-0.39, 0.29) is 0 Å². The van der Waals surface area contributed by atoms with Gasteiger partial charge in [0.2, 0.25) is 0 Å². The maximum absolute atomic E-state index is 6.17. The quantitative estimate of drug-likeness (QED) is 0.845. The molecule has 0 amide bonds. The summed E-state index contributed by atoms with van der Waals surface area (Å²) in [6, 6.07) is 16.1. The van der Waals surface area contributed by atoms with Gasteiger partial charge in [-0.3, -0.25) is 0 Å². The predicted octanol–water partition coefficient (Wildman–Crippen LogP) is 3.40. The lowest BCUT2D eigenvalue weighted by atomic mass is 9.87. The van der Waals surface area contributed by atoms with E-state index in [1.54, 1.807) is 0 Å². The molecule has 0 saturated carbocycles. The summed E-state index contributed by atoms with van der Waals surface area (Å²) in [5, 5.41) is 2.62. The van der Waals surface area contributed by atoms with Crippen molar-refractivity contribution in [3.05, 3.63) is 42.5 Å². The van der Waals surface area contributed by atoms with Crippen LogP contribution in [0.15, 0.2) is 42.5 Å². The van der Waals surface area contributed by atoms with E-state index in [9.17, 15) is 0 Å². The third-order valence-corrected chi connectivity index (χ3v) is 4.70. The van der Waals surface area contributed by atoms with Crippen molar-refractivity contribution in [3.8, 4) is 0 Å². The van der Waals surface area contributed by atoms with Crippen molar-refractivity contribution in [2.45, 2.75) is 32.4 Å². The van der Waals surface area contributed by atoms with Crippen LogP contribution in [-0.4, -0.2) is 18.6 Å². The lowest BCUT2D eigenvalue weighted by Crippen LogP contribution is -2.51. The molecule has 1 aliphatic heterocycles. The van der Waals surface area contributed by atoms with Crippen LogP contribution in [0.5, 0.6) is 0 Å². The molecule has 2 N–H and O–H groups in total. The zero-order valence-electron chi connectivity index (χ0n) is 11.7. The summed E-state index contributed by atoms with van der Waals surface area (Å²) in [6.45, 7) is 5.62. The molecular weight excluding hydrogens is 232 g/mol. The zero-order chi connectivity index (χ0) is 13.4. The Morgan fingerprint density at radius 2 is 1.79 bits per heavy atom. The Labute approximate surface area is 115 Å². The number of hydrogen-bond donors (Lipinski definition) is 1. The molecule has 0 spiro atoms. The summed E-state index contributed by atoms with van der Waals surface area (Å²) in [5.74, 6) is 0.542. The minimum absolute atomic E-state index is 0.340. The van der Waals surface area contributed by atoms with Crippen molar-refractivity contribution in [2.24, 2.45) is 11.7 Å². The highest BCUT2D eigenvalue weighted by Crippen LogP contribution is 2.30. The number of hydrogen-bond acceptors (Lipinski definition) is 2. The van der Waals surface area contributed by atoms with E-state index in [4.69, 9.17) is 5.73 Å². The number of benzene rings is 2. The first kappa shape index (κ1) is 12.5. The highest BCUT2D eigenvalue weighted by molar-refractivity contribution is 5.85. The lowest BCUT2D eigenvalue weighted by Gasteiger charge is -2.43. The van der Waals surface area contributed by atoms with Crippen LogP contribution in [0.4, 0.5) is 5.69 Å². The van der Waals surface area contributed by atoms with E-state index in [1.165, 1.54) is 16.5 Å². The maximum Gasteiger partial charge on any atom is 0.0375 e. The van der Waals surface area contributed by atoms with Crippen LogP contribution in [0.2, 0.25) is 0 Å². The summed E-state index contributed by atoms with van der Waals surface area (Å²) >= 11 is 0. The van der Waals surface area contributed by atoms with E-state index in [0.717, 1.165) is 13.0 Å². The smallest absolute Gasteiger partial charge is 0.0375 e. The number of anilines is 1. The molecular formula is C17H22N2. The normalized spacial score (nSPS) is 27.7. The van der Waals surface area contributed by atoms with Gasteiger partial charge in [0.15, 0.2) is 0 Å². The van der Waals surface area contributed by atoms with E-state index < -0.39 is 0 Å². The van der Waals surface area contributed by atoms with E-state index >= 15 is 0 Å². The highest BCUT2D eigenvalue weighted by Gasteiger charge is 2.30. The molecule has 1 fully saturated rings. The Morgan fingerprint density at radius 3 is 2.58 bits per heavy atom. The molecule has 2 aromatic rings. The monoisotopic (exact) mass is 254 g/mol. The average molecular weight is 254 g/mol. The van der Waals surface area contributed by atoms with E-state index in [1.807, 2.05) is 0 Å². The van der Waals surface area contributed by atoms with Gasteiger partial charge in [-0.15, -0.1) is 0 Å². The van der Waals surface area contributed by atoms with Gasteiger partial charge < -0.3 is 10.6 Å². The summed E-state index contributed by atoms with van der Waals surface area (Å²) in [6.07, 6.45) is 1.08. The Morgan fingerprint density at radius 1 is 1.05 bits per heavy atom. The second-order valence-corrected chi connectivity index (χ2v) is 5.78. The molecule has 2 aromatic carbocycles. The first-order valence-electron chi connectivity index (χ1n) is 7.18. The zero-order valence-corrected chi connectivity index (χ0v) is 11.7. The molecule has 1 saturated heterocycles. The standard InChI is InChI=1S/C17H22N2/c1-12-13(2)19(10-9-17(12)18)16-8-7-14-5-3-4-6-15(14)11-16/h3-8,11-13,17H,9-10,18H2,1-2H3. The van der Waals surface area contributed by atoms with E-state index in [0.29, 0.717) is 18.0 Å². The van der Waals surface area contributed by atoms with Gasteiger partial charge in [0, 0.05) is 24.3 Å². The van der Waals surface area contributed by atoms with Crippen molar-refractivity contribution in [2.75, 3.05) is 11.4 Å². The van der Waals surface area contributed by atoms with Crippen LogP contribution >= 0.6 is 0 Å². The molecule has 1 heterocycles. The molecule has 0 aliphatic carbocycles. The third-order valence-electron chi connectivity index (χ3n) is 4.70. The molecule has 0 aromatic heterocycles. The van der Waals surface area contributed by atoms with Crippen molar-refractivity contribution >= 4 is 16.5 Å². The topological polar surface area (TPSA) is 29.3 Å². The first-order chi connectivity index (χ1) is 9.16. The Bertz CT molecular complexity index is 578. The summed E-state index contributed by atoms with van der Waals surface area (Å²) in [5.41, 5.74) is 7.50. The number of rotatable bonds is 1. The second-order valence-electron chi connectivity index (χ2n) is 5.78. The lowest BCUT2D eigenvalue weighted by molar-refractivity contribution is 0.316. The largest absolute Gasteiger partial charge is 0.368 e. The molecule has 3 unspecified atom stereocenters. The molecule has 3 atom stereocenters. The van der Waals surface area contributed by atoms with Gasteiger partial charge in [0.1, 0.15) is 0 Å². The average Bonchev–Trinajstić information content (AvgIpc) is 2.44. The Kier molecular flexibility index (Phi) is 3.19. The van der Waals surface area contributed by atoms with E-state index in [2.05, 4.69) is 61.2 Å². The van der Waals surface area contributed by atoms with Gasteiger partial charge in [-0.05, 0) is 42.2 Å². The van der Waals surface area contributed by atoms with Gasteiger partial charge in [-0.1, -0.05) is 37.3 Å². The van der Waals surface area contributed by atoms with Gasteiger partial charge in [0.25, 0.3) is 0 Å². The van der Waals surface area contributed by atoms with Gasteiger partial charge >= 0.3 is 0 Å². The number of fused-ring (bicyclic) bond motifs is 1. The number of piperidine rings is 1. The summed E-state index contributed by atoms with van der Waals surface area (Å²) < 4.78 is 0. The highest BCUT2D eigenvalue weighted by atomic mass is 15.2. The molecule has 2 heteroatoms. The van der Waals surface area contributed by atoms with Crippen molar-refractivity contribution in [1.29, 1.82) is 0 Å². The molecule has 19 heavy (non-hydrogen) atoms. The van der Waals surface area contributed by atoms with Crippen molar-refractivity contribution in [1.82, 2.24) is 0 Å². The molecule has 3 rings (SSSR count). The maximum atomic E-state index is 6.17. The molecule has 0 radical (unpaired) electrons. The molecule has 0 bridgehead atoms. The van der Waals surface area contributed by atoms with Crippen molar-refractivity contribution in [3.63, 3.8) is 0 Å². The summed E-state index contributed by atoms with van der Waals surface area (Å²) in [4.78, 5) is 2.50. The van der Waals surface area contributed by atoms with Gasteiger partial charge in [0.05, 0.1) is 0 Å². The Balaban J connectivity index is 1.95. The number of nitrogens with two attached hydrogens (primary N) is 1. The van der Waals surface area contributed by atoms with Crippen LogP contribution in [0.1, 0.15) is 20.3 Å². The SMILES string of the molecule is CC1C(N)CCN(c2ccc3ccccc3c2)C1C. The first-order valence-corrected chi connectivity index (χ1v) is 7.18. The van der Waals surface area contributed by atoms with Gasteiger partial charge in [-0.25, -0.2) is 0 Å². The summed E-state index contributed by atoms with van der Waals surface area (Å²) in [7, 11) is 0. The van der Waals surface area contributed by atoms with Crippen LogP contribution in [0.3, 0.4) is 0 Å². The predicted molar refractivity (Wildman–Crippen MR) is 82.5 cm³/mol.